The molecule has 0 saturated heterocycles. The smallest absolute Gasteiger partial charge is 0.210 e. The van der Waals surface area contributed by atoms with Gasteiger partial charge in [-0.05, 0) is 35.9 Å². The molecule has 0 radical (unpaired) electrons. The SMILES string of the molecule is N#Cc1ccccc1CSc1nnc(COc2ccc(Cl)cc2)n1N. The van der Waals surface area contributed by atoms with Crippen LogP contribution in [0, 0.1) is 11.3 Å². The van der Waals surface area contributed by atoms with Crippen molar-refractivity contribution in [2.45, 2.75) is 17.5 Å². The van der Waals surface area contributed by atoms with E-state index in [0.29, 0.717) is 33.1 Å². The van der Waals surface area contributed by atoms with Crippen LogP contribution >= 0.6 is 23.4 Å². The van der Waals surface area contributed by atoms with E-state index in [1.165, 1.54) is 16.4 Å². The number of hydrogen-bond donors (Lipinski definition) is 1. The molecule has 2 aromatic carbocycles. The largest absolute Gasteiger partial charge is 0.486 e. The van der Waals surface area contributed by atoms with E-state index in [2.05, 4.69) is 16.3 Å². The number of nitrogens with two attached hydrogens (primary N) is 1. The van der Waals surface area contributed by atoms with E-state index < -0.39 is 0 Å². The lowest BCUT2D eigenvalue weighted by Crippen LogP contribution is -2.15. The molecule has 0 aliphatic rings. The molecular weight excluding hydrogens is 358 g/mol. The van der Waals surface area contributed by atoms with Gasteiger partial charge in [-0.15, -0.1) is 10.2 Å². The van der Waals surface area contributed by atoms with Crippen molar-refractivity contribution < 1.29 is 4.74 Å². The Morgan fingerprint density at radius 3 is 2.68 bits per heavy atom. The fraction of sp³-hybridized carbons (Fsp3) is 0.118. The minimum Gasteiger partial charge on any atom is -0.486 e. The fourth-order valence-corrected chi connectivity index (χ4v) is 3.09. The third kappa shape index (κ3) is 4.24. The van der Waals surface area contributed by atoms with Crippen molar-refractivity contribution in [1.82, 2.24) is 14.9 Å². The van der Waals surface area contributed by atoms with Crippen molar-refractivity contribution in [2.24, 2.45) is 0 Å². The van der Waals surface area contributed by atoms with Crippen LogP contribution in [0.1, 0.15) is 17.0 Å². The van der Waals surface area contributed by atoms with Gasteiger partial charge in [-0.25, -0.2) is 4.68 Å². The molecule has 0 aliphatic carbocycles. The van der Waals surface area contributed by atoms with Crippen LogP contribution in [-0.4, -0.2) is 14.9 Å². The molecule has 0 aliphatic heterocycles. The van der Waals surface area contributed by atoms with Crippen molar-refractivity contribution in [2.75, 3.05) is 5.84 Å². The molecule has 2 N–H and O–H groups in total. The van der Waals surface area contributed by atoms with Gasteiger partial charge in [0.2, 0.25) is 5.16 Å². The van der Waals surface area contributed by atoms with Crippen molar-refractivity contribution in [3.63, 3.8) is 0 Å². The highest BCUT2D eigenvalue weighted by Gasteiger charge is 2.12. The summed E-state index contributed by atoms with van der Waals surface area (Å²) in [6.45, 7) is 0.195. The quantitative estimate of drug-likeness (QED) is 0.527. The van der Waals surface area contributed by atoms with E-state index >= 15 is 0 Å². The lowest BCUT2D eigenvalue weighted by Gasteiger charge is -2.07. The average molecular weight is 372 g/mol. The minimum atomic E-state index is 0.195. The summed E-state index contributed by atoms with van der Waals surface area (Å²) in [7, 11) is 0. The highest BCUT2D eigenvalue weighted by molar-refractivity contribution is 7.98. The van der Waals surface area contributed by atoms with Crippen molar-refractivity contribution in [1.29, 1.82) is 5.26 Å². The molecule has 1 heterocycles. The van der Waals surface area contributed by atoms with Crippen LogP contribution in [0.4, 0.5) is 0 Å². The second-order valence-electron chi connectivity index (χ2n) is 5.07. The predicted molar refractivity (Wildman–Crippen MR) is 96.7 cm³/mol. The Morgan fingerprint density at radius 1 is 1.16 bits per heavy atom. The fourth-order valence-electron chi connectivity index (χ4n) is 2.08. The summed E-state index contributed by atoms with van der Waals surface area (Å²) in [5.74, 6) is 7.79. The van der Waals surface area contributed by atoms with Crippen LogP contribution in [0.15, 0.2) is 53.7 Å². The Morgan fingerprint density at radius 2 is 1.92 bits per heavy atom. The van der Waals surface area contributed by atoms with Crippen molar-refractivity contribution >= 4 is 23.4 Å². The number of nitrogens with zero attached hydrogens (tertiary/aromatic N) is 4. The standard InChI is InChI=1S/C17H14ClN5OS/c18-14-5-7-15(8-6-14)24-10-16-21-22-17(23(16)20)25-11-13-4-2-1-3-12(13)9-19/h1-8H,10-11,20H2. The zero-order chi connectivity index (χ0) is 17.6. The summed E-state index contributed by atoms with van der Waals surface area (Å²) in [6, 6.07) is 16.6. The van der Waals surface area contributed by atoms with Crippen LogP contribution < -0.4 is 10.6 Å². The summed E-state index contributed by atoms with van der Waals surface area (Å²) >= 11 is 7.25. The summed E-state index contributed by atoms with van der Waals surface area (Å²) in [5.41, 5.74) is 1.57. The van der Waals surface area contributed by atoms with E-state index in [9.17, 15) is 0 Å². The van der Waals surface area contributed by atoms with Gasteiger partial charge in [0.05, 0.1) is 11.6 Å². The third-order valence-corrected chi connectivity index (χ3v) is 4.66. The Hall–Kier alpha value is -2.69. The van der Waals surface area contributed by atoms with Crippen LogP contribution in [0.5, 0.6) is 5.75 Å². The summed E-state index contributed by atoms with van der Waals surface area (Å²) in [5, 5.41) is 18.5. The first-order valence-corrected chi connectivity index (χ1v) is 8.72. The first-order valence-electron chi connectivity index (χ1n) is 7.36. The molecule has 0 saturated carbocycles. The van der Waals surface area contributed by atoms with E-state index in [0.717, 1.165) is 5.56 Å². The molecule has 0 atom stereocenters. The molecule has 6 nitrogen and oxygen atoms in total. The number of nitrogen functional groups attached to an aromatic ring is 1. The third-order valence-electron chi connectivity index (χ3n) is 3.41. The van der Waals surface area contributed by atoms with Crippen LogP contribution in [0.3, 0.4) is 0 Å². The number of halogens is 1. The summed E-state index contributed by atoms with van der Waals surface area (Å²) in [6.07, 6.45) is 0. The number of hydrogen-bond acceptors (Lipinski definition) is 6. The lowest BCUT2D eigenvalue weighted by atomic mass is 10.1. The van der Waals surface area contributed by atoms with Crippen LogP contribution in [-0.2, 0) is 12.4 Å². The second-order valence-corrected chi connectivity index (χ2v) is 6.45. The molecule has 126 valence electrons. The summed E-state index contributed by atoms with van der Waals surface area (Å²) < 4.78 is 7.02. The van der Waals surface area contributed by atoms with E-state index in [-0.39, 0.29) is 6.61 Å². The highest BCUT2D eigenvalue weighted by atomic mass is 35.5. The van der Waals surface area contributed by atoms with Gasteiger partial charge in [0, 0.05) is 10.8 Å². The van der Waals surface area contributed by atoms with E-state index in [1.54, 1.807) is 30.3 Å². The average Bonchev–Trinajstić information content (AvgIpc) is 2.99. The van der Waals surface area contributed by atoms with Gasteiger partial charge in [0.25, 0.3) is 0 Å². The van der Waals surface area contributed by atoms with Crippen molar-refractivity contribution in [3.05, 3.63) is 70.5 Å². The first kappa shape index (κ1) is 17.1. The van der Waals surface area contributed by atoms with E-state index in [4.69, 9.17) is 27.4 Å². The molecule has 1 aromatic heterocycles. The minimum absolute atomic E-state index is 0.195. The highest BCUT2D eigenvalue weighted by Crippen LogP contribution is 2.23. The molecule has 8 heteroatoms. The number of thioether (sulfide) groups is 1. The molecule has 0 bridgehead atoms. The van der Waals surface area contributed by atoms with Gasteiger partial charge >= 0.3 is 0 Å². The summed E-state index contributed by atoms with van der Waals surface area (Å²) in [4.78, 5) is 0. The van der Waals surface area contributed by atoms with Gasteiger partial charge in [-0.1, -0.05) is 41.6 Å². The molecule has 0 fully saturated rings. The Bertz CT molecular complexity index is 904. The molecule has 3 rings (SSSR count). The number of nitriles is 1. The second kappa shape index (κ2) is 7.92. The molecular formula is C17H14ClN5OS. The zero-order valence-corrected chi connectivity index (χ0v) is 14.7. The maximum absolute atomic E-state index is 9.13. The maximum atomic E-state index is 9.13. The normalized spacial score (nSPS) is 10.4. The van der Waals surface area contributed by atoms with Crippen LogP contribution in [0.2, 0.25) is 5.02 Å². The van der Waals surface area contributed by atoms with Gasteiger partial charge in [-0.2, -0.15) is 5.26 Å². The van der Waals surface area contributed by atoms with Gasteiger partial charge < -0.3 is 10.6 Å². The Balaban J connectivity index is 1.63. The van der Waals surface area contributed by atoms with Crippen molar-refractivity contribution in [3.8, 4) is 11.8 Å². The van der Waals surface area contributed by atoms with E-state index in [1.807, 2.05) is 18.2 Å². The number of aromatic nitrogens is 3. The van der Waals surface area contributed by atoms with Gasteiger partial charge in [0.15, 0.2) is 5.82 Å². The number of rotatable bonds is 6. The molecule has 25 heavy (non-hydrogen) atoms. The molecule has 0 amide bonds. The zero-order valence-electron chi connectivity index (χ0n) is 13.1. The monoisotopic (exact) mass is 371 g/mol. The Kier molecular flexibility index (Phi) is 5.43. The lowest BCUT2D eigenvalue weighted by molar-refractivity contribution is 0.291. The predicted octanol–water partition coefficient (Wildman–Crippen LogP) is 3.39. The molecule has 0 unspecified atom stereocenters. The molecule has 0 spiro atoms. The topological polar surface area (TPSA) is 89.8 Å². The number of ether oxygens (including phenoxy) is 1. The number of benzene rings is 2. The maximum Gasteiger partial charge on any atom is 0.210 e. The first-order chi connectivity index (χ1) is 12.2. The van der Waals surface area contributed by atoms with Gasteiger partial charge in [0.1, 0.15) is 12.4 Å². The Labute approximate surface area is 154 Å². The van der Waals surface area contributed by atoms with Gasteiger partial charge in [-0.3, -0.25) is 0 Å². The molecule has 3 aromatic rings. The van der Waals surface area contributed by atoms with Crippen LogP contribution in [0.25, 0.3) is 0 Å².